The van der Waals surface area contributed by atoms with Crippen LogP contribution in [-0.4, -0.2) is 15.9 Å². The van der Waals surface area contributed by atoms with Gasteiger partial charge in [-0.2, -0.15) is 0 Å². The van der Waals surface area contributed by atoms with Crippen LogP contribution in [-0.2, 0) is 4.79 Å². The summed E-state index contributed by atoms with van der Waals surface area (Å²) in [5.74, 6) is -0.280. The number of benzene rings is 2. The molecule has 0 unspecified atom stereocenters. The number of hydrogen-bond donors (Lipinski definition) is 1. The number of aliphatic hydroxyl groups is 1. The van der Waals surface area contributed by atoms with Gasteiger partial charge in [-0.25, -0.2) is 4.98 Å². The smallest absolute Gasteiger partial charge is 0.234 e. The fourth-order valence-electron chi connectivity index (χ4n) is 2.46. The van der Waals surface area contributed by atoms with Gasteiger partial charge in [-0.15, -0.1) is 0 Å². The Labute approximate surface area is 141 Å². The lowest BCUT2D eigenvalue weighted by atomic mass is 10.1. The van der Waals surface area contributed by atoms with E-state index in [-0.39, 0.29) is 23.0 Å². The molecule has 0 atom stereocenters. The molecule has 1 aromatic heterocycles. The largest absolute Gasteiger partial charge is 0.512 e. The van der Waals surface area contributed by atoms with Crippen LogP contribution in [0.5, 0.6) is 0 Å². The van der Waals surface area contributed by atoms with Gasteiger partial charge in [0, 0.05) is 0 Å². The van der Waals surface area contributed by atoms with Crippen LogP contribution in [0.15, 0.2) is 57.1 Å². The summed E-state index contributed by atoms with van der Waals surface area (Å²) < 4.78 is 6.42. The Bertz CT molecular complexity index is 922. The number of fused-ring (bicyclic) bond motifs is 1. The summed E-state index contributed by atoms with van der Waals surface area (Å²) >= 11 is 3.48. The maximum absolute atomic E-state index is 11.7. The maximum Gasteiger partial charge on any atom is 0.234 e. The first-order chi connectivity index (χ1) is 11.0. The zero-order chi connectivity index (χ0) is 16.6. The summed E-state index contributed by atoms with van der Waals surface area (Å²) in [4.78, 5) is 16.1. The van der Waals surface area contributed by atoms with Crippen molar-refractivity contribution in [3.05, 3.63) is 58.6 Å². The third-order valence-corrected chi connectivity index (χ3v) is 4.07. The highest BCUT2D eigenvalue weighted by Gasteiger charge is 2.19. The average molecular weight is 372 g/mol. The first-order valence-corrected chi connectivity index (χ1v) is 7.83. The standard InChI is InChI=1S/C18H14BrNO3/c1-10(21)16(11(2)22)18-20-15-9-13(8-14(19)17(15)23-18)12-6-4-3-5-7-12/h3-9,21H,1-2H3/b16-10-. The van der Waals surface area contributed by atoms with E-state index in [0.717, 1.165) is 15.6 Å². The third-order valence-electron chi connectivity index (χ3n) is 3.48. The van der Waals surface area contributed by atoms with Crippen LogP contribution in [0.2, 0.25) is 0 Å². The van der Waals surface area contributed by atoms with Crippen molar-refractivity contribution in [2.45, 2.75) is 13.8 Å². The zero-order valence-electron chi connectivity index (χ0n) is 12.6. The molecule has 0 bridgehead atoms. The van der Waals surface area contributed by atoms with E-state index in [0.29, 0.717) is 11.1 Å². The summed E-state index contributed by atoms with van der Waals surface area (Å²) in [7, 11) is 0. The quantitative estimate of drug-likeness (QED) is 0.511. The summed E-state index contributed by atoms with van der Waals surface area (Å²) in [5, 5.41) is 9.71. The normalized spacial score (nSPS) is 12.3. The minimum atomic E-state index is -0.295. The van der Waals surface area contributed by atoms with Crippen LogP contribution in [0.25, 0.3) is 27.8 Å². The minimum absolute atomic E-state index is 0.0920. The zero-order valence-corrected chi connectivity index (χ0v) is 14.2. The lowest BCUT2D eigenvalue weighted by molar-refractivity contribution is -0.112. The first-order valence-electron chi connectivity index (χ1n) is 7.04. The predicted octanol–water partition coefficient (Wildman–Crippen LogP) is 5.14. The van der Waals surface area contributed by atoms with Gasteiger partial charge >= 0.3 is 0 Å². The Kier molecular flexibility index (Phi) is 4.05. The Balaban J connectivity index is 2.20. The molecule has 0 amide bonds. The van der Waals surface area contributed by atoms with Gasteiger partial charge in [0.15, 0.2) is 11.4 Å². The number of aliphatic hydroxyl groups excluding tert-OH is 1. The minimum Gasteiger partial charge on any atom is -0.512 e. The van der Waals surface area contributed by atoms with Gasteiger partial charge < -0.3 is 9.52 Å². The van der Waals surface area contributed by atoms with E-state index in [2.05, 4.69) is 20.9 Å². The molecular formula is C18H14BrNO3. The number of carbonyl (C=O) groups is 1. The number of carbonyl (C=O) groups excluding carboxylic acids is 1. The number of allylic oxidation sites excluding steroid dienone is 2. The van der Waals surface area contributed by atoms with Gasteiger partial charge in [-0.3, -0.25) is 4.79 Å². The van der Waals surface area contributed by atoms with Crippen LogP contribution >= 0.6 is 15.9 Å². The van der Waals surface area contributed by atoms with Gasteiger partial charge in [-0.05, 0) is 53.0 Å². The lowest BCUT2D eigenvalue weighted by Gasteiger charge is -2.02. The van der Waals surface area contributed by atoms with Gasteiger partial charge in [0.05, 0.1) is 4.47 Å². The second kappa shape index (κ2) is 6.01. The Morgan fingerprint density at radius 3 is 2.43 bits per heavy atom. The molecule has 5 heteroatoms. The summed E-state index contributed by atoms with van der Waals surface area (Å²) in [6.07, 6.45) is 0. The van der Waals surface area contributed by atoms with Crippen LogP contribution in [0.3, 0.4) is 0 Å². The molecule has 1 heterocycles. The molecule has 0 aliphatic rings. The number of halogens is 1. The molecular weight excluding hydrogens is 358 g/mol. The van der Waals surface area contributed by atoms with Crippen molar-refractivity contribution in [1.29, 1.82) is 0 Å². The van der Waals surface area contributed by atoms with Crippen molar-refractivity contribution in [2.24, 2.45) is 0 Å². The second-order valence-corrected chi connectivity index (χ2v) is 6.06. The SMILES string of the molecule is CC(=O)/C(=C(\C)O)c1nc2cc(-c3ccccc3)cc(Br)c2o1. The highest BCUT2D eigenvalue weighted by atomic mass is 79.9. The van der Waals surface area contributed by atoms with Crippen molar-refractivity contribution < 1.29 is 14.3 Å². The van der Waals surface area contributed by atoms with Gasteiger partial charge in [0.2, 0.25) is 5.89 Å². The molecule has 1 N–H and O–H groups in total. The molecule has 0 radical (unpaired) electrons. The number of rotatable bonds is 3. The number of hydrogen-bond acceptors (Lipinski definition) is 4. The summed E-state index contributed by atoms with van der Waals surface area (Å²) in [6, 6.07) is 13.7. The van der Waals surface area contributed by atoms with E-state index in [1.165, 1.54) is 13.8 Å². The van der Waals surface area contributed by atoms with Crippen LogP contribution < -0.4 is 0 Å². The molecule has 116 valence electrons. The van der Waals surface area contributed by atoms with E-state index in [1.807, 2.05) is 42.5 Å². The van der Waals surface area contributed by atoms with Gasteiger partial charge in [0.1, 0.15) is 16.8 Å². The fraction of sp³-hybridized carbons (Fsp3) is 0.111. The lowest BCUT2D eigenvalue weighted by Crippen LogP contribution is -1.99. The first kappa shape index (κ1) is 15.5. The number of ketones is 1. The van der Waals surface area contributed by atoms with Crippen LogP contribution in [0.4, 0.5) is 0 Å². The Morgan fingerprint density at radius 2 is 1.83 bits per heavy atom. The molecule has 0 saturated carbocycles. The van der Waals surface area contributed by atoms with E-state index >= 15 is 0 Å². The van der Waals surface area contributed by atoms with E-state index in [4.69, 9.17) is 4.42 Å². The summed E-state index contributed by atoms with van der Waals surface area (Å²) in [5.41, 5.74) is 3.29. The predicted molar refractivity (Wildman–Crippen MR) is 93.0 cm³/mol. The molecule has 0 aliphatic carbocycles. The van der Waals surface area contributed by atoms with E-state index in [9.17, 15) is 9.90 Å². The maximum atomic E-state index is 11.7. The third kappa shape index (κ3) is 2.92. The second-order valence-electron chi connectivity index (χ2n) is 5.21. The van der Waals surface area contributed by atoms with Crippen molar-refractivity contribution >= 4 is 38.4 Å². The molecule has 23 heavy (non-hydrogen) atoms. The Hall–Kier alpha value is -2.40. The van der Waals surface area contributed by atoms with Crippen molar-refractivity contribution in [3.8, 4) is 11.1 Å². The van der Waals surface area contributed by atoms with E-state index < -0.39 is 0 Å². The number of Topliss-reactive ketones (excluding diaryl/α,β-unsaturated/α-hetero) is 1. The van der Waals surface area contributed by atoms with Crippen molar-refractivity contribution in [2.75, 3.05) is 0 Å². The number of nitrogens with zero attached hydrogens (tertiary/aromatic N) is 1. The molecule has 3 rings (SSSR count). The molecule has 0 saturated heterocycles. The van der Waals surface area contributed by atoms with E-state index in [1.54, 1.807) is 0 Å². The van der Waals surface area contributed by atoms with Gasteiger partial charge in [0.25, 0.3) is 0 Å². The number of aromatic nitrogens is 1. The topological polar surface area (TPSA) is 63.3 Å². The van der Waals surface area contributed by atoms with Crippen LogP contribution in [0.1, 0.15) is 19.7 Å². The molecule has 3 aromatic rings. The highest BCUT2D eigenvalue weighted by Crippen LogP contribution is 2.33. The molecule has 0 spiro atoms. The molecule has 0 fully saturated rings. The van der Waals surface area contributed by atoms with Gasteiger partial charge in [-0.1, -0.05) is 30.3 Å². The van der Waals surface area contributed by atoms with Crippen LogP contribution in [0, 0.1) is 0 Å². The monoisotopic (exact) mass is 371 g/mol. The number of oxazole rings is 1. The molecule has 4 nitrogen and oxygen atoms in total. The Morgan fingerprint density at radius 1 is 1.13 bits per heavy atom. The summed E-state index contributed by atoms with van der Waals surface area (Å²) in [6.45, 7) is 2.81. The highest BCUT2D eigenvalue weighted by molar-refractivity contribution is 9.10. The fourth-order valence-corrected chi connectivity index (χ4v) is 2.99. The van der Waals surface area contributed by atoms with Crippen molar-refractivity contribution in [3.63, 3.8) is 0 Å². The van der Waals surface area contributed by atoms with Crippen molar-refractivity contribution in [1.82, 2.24) is 4.98 Å². The molecule has 2 aromatic carbocycles. The molecule has 0 aliphatic heterocycles. The average Bonchev–Trinajstić information content (AvgIpc) is 2.91.